The highest BCUT2D eigenvalue weighted by atomic mass is 16.6. The maximum Gasteiger partial charge on any atom is 0.272 e. The number of hydrogen-bond donors (Lipinski definition) is 2. The summed E-state index contributed by atoms with van der Waals surface area (Å²) in [5.74, 6) is 5.33. The third-order valence-electron chi connectivity index (χ3n) is 2.86. The van der Waals surface area contributed by atoms with Crippen molar-refractivity contribution < 1.29 is 18.9 Å². The van der Waals surface area contributed by atoms with E-state index < -0.39 is 10.8 Å². The van der Waals surface area contributed by atoms with Crippen LogP contribution >= 0.6 is 0 Å². The average molecular weight is 291 g/mol. The number of carbonyl (C=O) groups excluding carboxylic acids is 1. The minimum Gasteiger partial charge on any atom is -0.486 e. The number of aryl methyl sites for hydroxylation is 1. The molecule has 2 rings (SSSR count). The zero-order chi connectivity index (χ0) is 15.4. The van der Waals surface area contributed by atoms with Crippen LogP contribution in [0.15, 0.2) is 34.9 Å². The van der Waals surface area contributed by atoms with Crippen LogP contribution in [-0.2, 0) is 6.61 Å². The van der Waals surface area contributed by atoms with Crippen molar-refractivity contribution in [3.63, 3.8) is 0 Å². The number of hydrogen-bond acceptors (Lipinski definition) is 6. The van der Waals surface area contributed by atoms with Gasteiger partial charge in [0.2, 0.25) is 0 Å². The Balaban J connectivity index is 2.10. The quantitative estimate of drug-likeness (QED) is 0.374. The summed E-state index contributed by atoms with van der Waals surface area (Å²) in [4.78, 5) is 21.7. The summed E-state index contributed by atoms with van der Waals surface area (Å²) in [6.07, 6.45) is 1.35. The Morgan fingerprint density at radius 3 is 2.86 bits per heavy atom. The minimum absolute atomic E-state index is 0.00695. The molecule has 0 saturated carbocycles. The molecule has 0 aliphatic heterocycles. The number of nitrogens with two attached hydrogens (primary N) is 1. The third-order valence-corrected chi connectivity index (χ3v) is 2.86. The zero-order valence-corrected chi connectivity index (χ0v) is 11.2. The fourth-order valence-electron chi connectivity index (χ4n) is 1.80. The number of carbonyl (C=O) groups is 1. The summed E-state index contributed by atoms with van der Waals surface area (Å²) in [5, 5.41) is 10.7. The SMILES string of the molecule is Cc1cc(OCc2occc2C(=O)NN)ccc1[N+](=O)[O-]. The molecule has 0 fully saturated rings. The molecule has 0 atom stereocenters. The molecule has 1 amide bonds. The van der Waals surface area contributed by atoms with Crippen molar-refractivity contribution in [2.75, 3.05) is 0 Å². The van der Waals surface area contributed by atoms with Crippen LogP contribution in [0.4, 0.5) is 5.69 Å². The molecule has 1 aromatic heterocycles. The van der Waals surface area contributed by atoms with Crippen molar-refractivity contribution in [3.05, 3.63) is 57.5 Å². The van der Waals surface area contributed by atoms with Crippen LogP contribution in [0.5, 0.6) is 5.75 Å². The van der Waals surface area contributed by atoms with Gasteiger partial charge < -0.3 is 9.15 Å². The lowest BCUT2D eigenvalue weighted by Crippen LogP contribution is -2.30. The van der Waals surface area contributed by atoms with Gasteiger partial charge >= 0.3 is 0 Å². The molecule has 0 spiro atoms. The van der Waals surface area contributed by atoms with Crippen molar-refractivity contribution in [3.8, 4) is 5.75 Å². The predicted molar refractivity (Wildman–Crippen MR) is 72.5 cm³/mol. The van der Waals surface area contributed by atoms with Gasteiger partial charge in [-0.3, -0.25) is 20.3 Å². The van der Waals surface area contributed by atoms with Gasteiger partial charge in [0.05, 0.1) is 16.7 Å². The zero-order valence-electron chi connectivity index (χ0n) is 11.2. The molecule has 0 bridgehead atoms. The van der Waals surface area contributed by atoms with Crippen molar-refractivity contribution in [1.29, 1.82) is 0 Å². The van der Waals surface area contributed by atoms with Crippen molar-refractivity contribution in [2.24, 2.45) is 5.84 Å². The van der Waals surface area contributed by atoms with Crippen LogP contribution in [0.3, 0.4) is 0 Å². The number of benzene rings is 1. The first-order valence-corrected chi connectivity index (χ1v) is 5.98. The highest BCUT2D eigenvalue weighted by molar-refractivity contribution is 5.94. The van der Waals surface area contributed by atoms with Gasteiger partial charge in [-0.2, -0.15) is 0 Å². The lowest BCUT2D eigenvalue weighted by Gasteiger charge is -2.07. The van der Waals surface area contributed by atoms with E-state index in [2.05, 4.69) is 0 Å². The molecule has 0 aliphatic carbocycles. The first-order valence-electron chi connectivity index (χ1n) is 5.98. The Morgan fingerprint density at radius 1 is 1.48 bits per heavy atom. The van der Waals surface area contributed by atoms with Gasteiger partial charge in [-0.25, -0.2) is 5.84 Å². The van der Waals surface area contributed by atoms with Gasteiger partial charge in [0.15, 0.2) is 5.76 Å². The standard InChI is InChI=1S/C13H13N3O5/c1-8-6-9(2-3-11(8)16(18)19)21-7-12-10(4-5-20-12)13(17)15-14/h2-6H,7,14H2,1H3,(H,15,17). The van der Waals surface area contributed by atoms with Crippen molar-refractivity contribution >= 4 is 11.6 Å². The Morgan fingerprint density at radius 2 is 2.24 bits per heavy atom. The normalized spacial score (nSPS) is 10.2. The summed E-state index contributed by atoms with van der Waals surface area (Å²) in [6, 6.07) is 5.86. The molecule has 0 aliphatic rings. The second-order valence-corrected chi connectivity index (χ2v) is 4.22. The molecular formula is C13H13N3O5. The van der Waals surface area contributed by atoms with E-state index >= 15 is 0 Å². The van der Waals surface area contributed by atoms with E-state index in [9.17, 15) is 14.9 Å². The number of hydrazine groups is 1. The average Bonchev–Trinajstić information content (AvgIpc) is 2.92. The highest BCUT2D eigenvalue weighted by Crippen LogP contribution is 2.24. The number of rotatable bonds is 5. The summed E-state index contributed by atoms with van der Waals surface area (Å²) in [6.45, 7) is 1.62. The number of furan rings is 1. The fraction of sp³-hybridized carbons (Fsp3) is 0.154. The van der Waals surface area contributed by atoms with Gasteiger partial charge in [-0.15, -0.1) is 0 Å². The van der Waals surface area contributed by atoms with Gasteiger partial charge in [0, 0.05) is 11.6 Å². The van der Waals surface area contributed by atoms with Gasteiger partial charge in [-0.1, -0.05) is 0 Å². The van der Waals surface area contributed by atoms with Crippen LogP contribution in [0.1, 0.15) is 21.7 Å². The summed E-state index contributed by atoms with van der Waals surface area (Å²) in [7, 11) is 0. The van der Waals surface area contributed by atoms with Crippen molar-refractivity contribution in [2.45, 2.75) is 13.5 Å². The molecule has 21 heavy (non-hydrogen) atoms. The molecule has 3 N–H and O–H groups in total. The van der Waals surface area contributed by atoms with E-state index in [1.165, 1.54) is 24.5 Å². The number of ether oxygens (including phenoxy) is 1. The summed E-state index contributed by atoms with van der Waals surface area (Å²) < 4.78 is 10.6. The van der Waals surface area contributed by atoms with E-state index in [0.29, 0.717) is 17.1 Å². The molecule has 110 valence electrons. The molecule has 2 aromatic rings. The Bertz CT molecular complexity index is 680. The lowest BCUT2D eigenvalue weighted by molar-refractivity contribution is -0.385. The summed E-state index contributed by atoms with van der Waals surface area (Å²) >= 11 is 0. The molecular weight excluding hydrogens is 278 g/mol. The first-order chi connectivity index (χ1) is 10.0. The van der Waals surface area contributed by atoms with E-state index in [1.807, 2.05) is 5.43 Å². The molecule has 8 heteroatoms. The Kier molecular flexibility index (Phi) is 4.19. The molecule has 0 saturated heterocycles. The van der Waals surface area contributed by atoms with Crippen LogP contribution in [0.2, 0.25) is 0 Å². The van der Waals surface area contributed by atoms with Crippen LogP contribution < -0.4 is 16.0 Å². The number of amides is 1. The summed E-state index contributed by atoms with van der Waals surface area (Å²) in [5.41, 5.74) is 2.78. The smallest absolute Gasteiger partial charge is 0.272 e. The third kappa shape index (κ3) is 3.18. The maximum atomic E-state index is 11.5. The number of nitrogens with one attached hydrogen (secondary N) is 1. The first kappa shape index (κ1) is 14.5. The van der Waals surface area contributed by atoms with E-state index in [-0.39, 0.29) is 17.9 Å². The lowest BCUT2D eigenvalue weighted by atomic mass is 10.2. The number of nitrogen functional groups attached to an aromatic ring is 1. The maximum absolute atomic E-state index is 11.5. The van der Waals surface area contributed by atoms with Gasteiger partial charge in [0.1, 0.15) is 12.4 Å². The van der Waals surface area contributed by atoms with E-state index in [4.69, 9.17) is 15.0 Å². The van der Waals surface area contributed by atoms with Crippen LogP contribution in [0, 0.1) is 17.0 Å². The second-order valence-electron chi connectivity index (χ2n) is 4.22. The Hall–Kier alpha value is -2.87. The van der Waals surface area contributed by atoms with Crippen LogP contribution in [-0.4, -0.2) is 10.8 Å². The van der Waals surface area contributed by atoms with Gasteiger partial charge in [-0.05, 0) is 25.1 Å². The van der Waals surface area contributed by atoms with E-state index in [0.717, 1.165) is 0 Å². The molecule has 0 unspecified atom stereocenters. The molecule has 0 radical (unpaired) electrons. The topological polar surface area (TPSA) is 121 Å². The predicted octanol–water partition coefficient (Wildman–Crippen LogP) is 1.68. The number of nitro groups is 1. The molecule has 8 nitrogen and oxygen atoms in total. The van der Waals surface area contributed by atoms with Crippen molar-refractivity contribution in [1.82, 2.24) is 5.43 Å². The number of nitro benzene ring substituents is 1. The molecule has 1 aromatic carbocycles. The molecule has 1 heterocycles. The number of nitrogens with zero attached hydrogens (tertiary/aromatic N) is 1. The van der Waals surface area contributed by atoms with E-state index in [1.54, 1.807) is 13.0 Å². The van der Waals surface area contributed by atoms with Crippen LogP contribution in [0.25, 0.3) is 0 Å². The van der Waals surface area contributed by atoms with Gasteiger partial charge in [0.25, 0.3) is 11.6 Å². The second kappa shape index (κ2) is 6.06. The minimum atomic E-state index is -0.484. The highest BCUT2D eigenvalue weighted by Gasteiger charge is 2.15. The Labute approximate surface area is 119 Å². The largest absolute Gasteiger partial charge is 0.486 e. The monoisotopic (exact) mass is 291 g/mol. The fourth-order valence-corrected chi connectivity index (χ4v) is 1.80.